The van der Waals surface area contributed by atoms with E-state index < -0.39 is 0 Å². The Hall–Kier alpha value is -2.36. The van der Waals surface area contributed by atoms with Gasteiger partial charge in [-0.25, -0.2) is 9.37 Å². The fourth-order valence-corrected chi connectivity index (χ4v) is 4.61. The Balaban J connectivity index is 1.50. The molecule has 3 aromatic rings. The number of rotatable bonds is 18. The number of hydrogen-bond acceptors (Lipinski definition) is 3. The van der Waals surface area contributed by atoms with E-state index >= 15 is 4.39 Å². The summed E-state index contributed by atoms with van der Waals surface area (Å²) in [4.78, 5) is 4.65. The van der Waals surface area contributed by atoms with Crippen molar-refractivity contribution in [1.82, 2.24) is 4.98 Å². The molecule has 0 saturated carbocycles. The molecule has 0 aliphatic carbocycles. The molecule has 1 heterocycles. The van der Waals surface area contributed by atoms with Crippen molar-refractivity contribution in [2.24, 2.45) is 0 Å². The van der Waals surface area contributed by atoms with Gasteiger partial charge in [-0.05, 0) is 48.6 Å². The zero-order valence-corrected chi connectivity index (χ0v) is 21.9. The number of halogens is 1. The van der Waals surface area contributed by atoms with Crippen molar-refractivity contribution in [1.29, 1.82) is 0 Å². The number of nitrogens with zero attached hydrogens (tertiary/aromatic N) is 1. The quantitative estimate of drug-likeness (QED) is 0.134. The summed E-state index contributed by atoms with van der Waals surface area (Å²) >= 11 is 0. The molecule has 192 valence electrons. The summed E-state index contributed by atoms with van der Waals surface area (Å²) in [5.74, 6) is 0.690. The first kappa shape index (κ1) is 27.2. The van der Waals surface area contributed by atoms with Gasteiger partial charge in [0.05, 0.1) is 18.7 Å². The zero-order valence-electron chi connectivity index (χ0n) is 21.9. The van der Waals surface area contributed by atoms with E-state index in [0.29, 0.717) is 30.2 Å². The van der Waals surface area contributed by atoms with E-state index in [1.807, 2.05) is 24.3 Å². The van der Waals surface area contributed by atoms with Crippen LogP contribution in [0.2, 0.25) is 0 Å². The van der Waals surface area contributed by atoms with Gasteiger partial charge in [0.25, 0.3) is 0 Å². The number of aromatic nitrogens is 1. The third-order valence-electron chi connectivity index (χ3n) is 6.74. The molecule has 0 radical (unpaired) electrons. The van der Waals surface area contributed by atoms with Crippen LogP contribution in [0.1, 0.15) is 104 Å². The van der Waals surface area contributed by atoms with Crippen LogP contribution < -0.4 is 9.47 Å². The number of ether oxygens (including phenoxy) is 2. The van der Waals surface area contributed by atoms with Crippen LogP contribution in [0.15, 0.2) is 36.4 Å². The van der Waals surface area contributed by atoms with Crippen molar-refractivity contribution in [3.8, 4) is 11.6 Å². The van der Waals surface area contributed by atoms with Crippen LogP contribution in [-0.2, 0) is 0 Å². The third-order valence-corrected chi connectivity index (χ3v) is 6.74. The Morgan fingerprint density at radius 1 is 0.571 bits per heavy atom. The van der Waals surface area contributed by atoms with Gasteiger partial charge in [0.1, 0.15) is 0 Å². The fourth-order valence-electron chi connectivity index (χ4n) is 4.61. The minimum absolute atomic E-state index is 0.285. The number of unbranched alkanes of at least 4 members (excludes halogenated alkanes) is 12. The lowest BCUT2D eigenvalue weighted by Crippen LogP contribution is -2.00. The predicted octanol–water partition coefficient (Wildman–Crippen LogP) is 9.79. The smallest absolute Gasteiger partial charge is 0.213 e. The van der Waals surface area contributed by atoms with Crippen molar-refractivity contribution in [3.05, 3.63) is 42.2 Å². The first-order chi connectivity index (χ1) is 17.2. The maximum absolute atomic E-state index is 15.2. The summed E-state index contributed by atoms with van der Waals surface area (Å²) in [5.41, 5.74) is 0.824. The molecule has 0 spiro atoms. The topological polar surface area (TPSA) is 31.4 Å². The molecule has 1 aromatic heterocycles. The summed E-state index contributed by atoms with van der Waals surface area (Å²) < 4.78 is 26.8. The highest BCUT2D eigenvalue weighted by atomic mass is 19.1. The van der Waals surface area contributed by atoms with E-state index in [1.165, 1.54) is 70.6 Å². The molecule has 4 heteroatoms. The number of fused-ring (bicyclic) bond motifs is 3. The van der Waals surface area contributed by atoms with Crippen LogP contribution in [0.5, 0.6) is 11.6 Å². The normalized spacial score (nSPS) is 11.4. The Kier molecular flexibility index (Phi) is 12.1. The first-order valence-electron chi connectivity index (χ1n) is 14.0. The third kappa shape index (κ3) is 8.66. The van der Waals surface area contributed by atoms with Crippen LogP contribution in [0.4, 0.5) is 4.39 Å². The van der Waals surface area contributed by atoms with E-state index in [9.17, 15) is 0 Å². The van der Waals surface area contributed by atoms with Crippen molar-refractivity contribution in [2.45, 2.75) is 104 Å². The standard InChI is InChI=1S/C31H44FNO2/c1-3-5-7-9-11-12-14-15-23-34-29-21-18-25-26-19-22-30(35-24-16-13-10-8-6-4-2)33-28(26)20-17-27(25)31(29)32/h17-22H,3-16,23-24H2,1-2H3. The summed E-state index contributed by atoms with van der Waals surface area (Å²) in [6.07, 6.45) is 17.3. The molecule has 35 heavy (non-hydrogen) atoms. The first-order valence-corrected chi connectivity index (χ1v) is 14.0. The van der Waals surface area contributed by atoms with Crippen LogP contribution in [-0.4, -0.2) is 18.2 Å². The van der Waals surface area contributed by atoms with E-state index in [1.54, 1.807) is 12.1 Å². The highest BCUT2D eigenvalue weighted by molar-refractivity contribution is 6.06. The predicted molar refractivity (Wildman–Crippen MR) is 146 cm³/mol. The van der Waals surface area contributed by atoms with Gasteiger partial charge in [-0.2, -0.15) is 0 Å². The Bertz CT molecular complexity index is 1020. The van der Waals surface area contributed by atoms with Gasteiger partial charge in [-0.3, -0.25) is 0 Å². The van der Waals surface area contributed by atoms with E-state index in [-0.39, 0.29) is 5.82 Å². The molecule has 0 aliphatic heterocycles. The monoisotopic (exact) mass is 481 g/mol. The van der Waals surface area contributed by atoms with Gasteiger partial charge in [0, 0.05) is 16.8 Å². The fraction of sp³-hybridized carbons (Fsp3) is 0.581. The molecule has 0 unspecified atom stereocenters. The molecule has 2 aromatic carbocycles. The number of hydrogen-bond donors (Lipinski definition) is 0. The molecule has 0 aliphatic rings. The van der Waals surface area contributed by atoms with Crippen LogP contribution in [0, 0.1) is 5.82 Å². The van der Waals surface area contributed by atoms with Gasteiger partial charge in [-0.15, -0.1) is 0 Å². The number of pyridine rings is 1. The lowest BCUT2D eigenvalue weighted by molar-refractivity contribution is 0.291. The van der Waals surface area contributed by atoms with Gasteiger partial charge in [0.15, 0.2) is 11.6 Å². The molecule has 0 bridgehead atoms. The molecule has 3 nitrogen and oxygen atoms in total. The Labute approximate surface area is 211 Å². The van der Waals surface area contributed by atoms with Crippen molar-refractivity contribution in [2.75, 3.05) is 13.2 Å². The molecule has 0 atom stereocenters. The minimum Gasteiger partial charge on any atom is -0.490 e. The van der Waals surface area contributed by atoms with Gasteiger partial charge < -0.3 is 9.47 Å². The van der Waals surface area contributed by atoms with E-state index in [4.69, 9.17) is 9.47 Å². The number of benzene rings is 2. The maximum Gasteiger partial charge on any atom is 0.213 e. The van der Waals surface area contributed by atoms with Crippen LogP contribution in [0.25, 0.3) is 21.7 Å². The minimum atomic E-state index is -0.285. The molecule has 0 N–H and O–H groups in total. The molecule has 0 amide bonds. The summed E-state index contributed by atoms with van der Waals surface area (Å²) in [5, 5.41) is 2.37. The van der Waals surface area contributed by atoms with Gasteiger partial charge in [-0.1, -0.05) is 90.9 Å². The van der Waals surface area contributed by atoms with Crippen molar-refractivity contribution >= 4 is 21.7 Å². The average molecular weight is 482 g/mol. The van der Waals surface area contributed by atoms with Crippen LogP contribution >= 0.6 is 0 Å². The Morgan fingerprint density at radius 2 is 1.11 bits per heavy atom. The van der Waals surface area contributed by atoms with E-state index in [0.717, 1.165) is 35.6 Å². The zero-order chi connectivity index (χ0) is 24.7. The summed E-state index contributed by atoms with van der Waals surface area (Å²) in [6.45, 7) is 5.72. The molecular weight excluding hydrogens is 437 g/mol. The molecule has 0 saturated heterocycles. The largest absolute Gasteiger partial charge is 0.490 e. The van der Waals surface area contributed by atoms with Gasteiger partial charge in [0.2, 0.25) is 5.88 Å². The molecule has 3 rings (SSSR count). The molecular formula is C31H44FNO2. The molecule has 0 fully saturated rings. The second-order valence-electron chi connectivity index (χ2n) is 9.69. The highest BCUT2D eigenvalue weighted by Gasteiger charge is 2.12. The SMILES string of the molecule is CCCCCCCCCCOc1ccc2c(ccc3nc(OCCCCCCCC)ccc32)c1F. The summed E-state index contributed by atoms with van der Waals surface area (Å²) in [6, 6.07) is 11.3. The van der Waals surface area contributed by atoms with Crippen molar-refractivity contribution in [3.63, 3.8) is 0 Å². The lowest BCUT2D eigenvalue weighted by atomic mass is 10.0. The average Bonchev–Trinajstić information content (AvgIpc) is 2.88. The van der Waals surface area contributed by atoms with E-state index in [2.05, 4.69) is 18.8 Å². The second-order valence-corrected chi connectivity index (χ2v) is 9.69. The maximum atomic E-state index is 15.2. The summed E-state index contributed by atoms with van der Waals surface area (Å²) in [7, 11) is 0. The van der Waals surface area contributed by atoms with Crippen molar-refractivity contribution < 1.29 is 13.9 Å². The van der Waals surface area contributed by atoms with Gasteiger partial charge >= 0.3 is 0 Å². The lowest BCUT2D eigenvalue weighted by Gasteiger charge is -2.11. The van der Waals surface area contributed by atoms with Crippen LogP contribution in [0.3, 0.4) is 0 Å². The Morgan fingerprint density at radius 3 is 1.77 bits per heavy atom. The highest BCUT2D eigenvalue weighted by Crippen LogP contribution is 2.32. The second kappa shape index (κ2) is 15.6.